The van der Waals surface area contributed by atoms with E-state index in [4.69, 9.17) is 9.29 Å². The van der Waals surface area contributed by atoms with E-state index in [9.17, 15) is 8.42 Å². The van der Waals surface area contributed by atoms with Crippen LogP contribution in [0.15, 0.2) is 18.2 Å². The Morgan fingerprint density at radius 1 is 1.00 bits per heavy atom. The first kappa shape index (κ1) is 22.0. The van der Waals surface area contributed by atoms with Crippen molar-refractivity contribution >= 4 is 10.1 Å². The molecule has 0 heterocycles. The van der Waals surface area contributed by atoms with Gasteiger partial charge in [0.2, 0.25) is 0 Å². The van der Waals surface area contributed by atoms with E-state index in [2.05, 4.69) is 26.0 Å². The number of unbranched alkanes of at least 4 members (excludes halogenated alkanes) is 4. The van der Waals surface area contributed by atoms with Crippen molar-refractivity contribution in [2.75, 3.05) is 5.75 Å². The highest BCUT2D eigenvalue weighted by Crippen LogP contribution is 2.25. The number of ether oxygens (including phenoxy) is 1. The minimum absolute atomic E-state index is 0.365. The molecule has 0 amide bonds. The van der Waals surface area contributed by atoms with Crippen LogP contribution in [0.1, 0.15) is 76.8 Å². The van der Waals surface area contributed by atoms with E-state index >= 15 is 0 Å². The van der Waals surface area contributed by atoms with Crippen LogP contribution in [0.5, 0.6) is 5.75 Å². The maximum atomic E-state index is 11.2. The highest BCUT2D eigenvalue weighted by Gasteiger charge is 2.18. The third kappa shape index (κ3) is 9.26. The summed E-state index contributed by atoms with van der Waals surface area (Å²) in [5, 5.41) is 0. The lowest BCUT2D eigenvalue weighted by atomic mass is 10.00. The minimum atomic E-state index is -4.04. The minimum Gasteiger partial charge on any atom is -0.489 e. The highest BCUT2D eigenvalue weighted by molar-refractivity contribution is 7.85. The van der Waals surface area contributed by atoms with Crippen LogP contribution in [0.2, 0.25) is 0 Å². The van der Waals surface area contributed by atoms with Gasteiger partial charge in [-0.05, 0) is 49.3 Å². The number of rotatable bonds is 13. The van der Waals surface area contributed by atoms with Gasteiger partial charge in [0.25, 0.3) is 10.1 Å². The number of aryl methyl sites for hydroxylation is 2. The summed E-state index contributed by atoms with van der Waals surface area (Å²) >= 11 is 0. The van der Waals surface area contributed by atoms with Crippen molar-refractivity contribution in [2.24, 2.45) is 0 Å². The molecule has 0 spiro atoms. The summed E-state index contributed by atoms with van der Waals surface area (Å²) in [7, 11) is -4.04. The molecule has 0 fully saturated rings. The van der Waals surface area contributed by atoms with Gasteiger partial charge in [-0.15, -0.1) is 0 Å². The van der Waals surface area contributed by atoms with Gasteiger partial charge in [0.1, 0.15) is 17.6 Å². The molecule has 1 atom stereocenters. The first-order valence-corrected chi connectivity index (χ1v) is 11.2. The van der Waals surface area contributed by atoms with Crippen LogP contribution >= 0.6 is 0 Å². The van der Waals surface area contributed by atoms with E-state index in [1.165, 1.54) is 31.2 Å². The van der Waals surface area contributed by atoms with E-state index < -0.39 is 16.2 Å². The van der Waals surface area contributed by atoms with E-state index in [1.54, 1.807) is 0 Å². The summed E-state index contributed by atoms with van der Waals surface area (Å²) in [6, 6.07) is 6.25. The van der Waals surface area contributed by atoms with Crippen LogP contribution in [0.25, 0.3) is 0 Å². The lowest BCUT2D eigenvalue weighted by Gasteiger charge is -2.19. The number of hydrogen-bond donors (Lipinski definition) is 1. The van der Waals surface area contributed by atoms with Gasteiger partial charge < -0.3 is 4.74 Å². The van der Waals surface area contributed by atoms with Gasteiger partial charge in [0.15, 0.2) is 0 Å². The Labute approximate surface area is 153 Å². The molecule has 0 radical (unpaired) electrons. The fraction of sp³-hybridized carbons (Fsp3) is 0.700. The first-order chi connectivity index (χ1) is 11.9. The molecule has 0 aromatic heterocycles. The Balaban J connectivity index is 2.89. The highest BCUT2D eigenvalue weighted by atomic mass is 32.2. The monoisotopic (exact) mass is 370 g/mol. The average molecular weight is 371 g/mol. The third-order valence-corrected chi connectivity index (χ3v) is 5.18. The van der Waals surface area contributed by atoms with Crippen LogP contribution in [0, 0.1) is 0 Å². The lowest BCUT2D eigenvalue weighted by Crippen LogP contribution is -2.26. The van der Waals surface area contributed by atoms with E-state index in [-0.39, 0.29) is 5.75 Å². The lowest BCUT2D eigenvalue weighted by molar-refractivity contribution is 0.214. The second-order valence-corrected chi connectivity index (χ2v) is 8.25. The fourth-order valence-corrected chi connectivity index (χ4v) is 3.67. The summed E-state index contributed by atoms with van der Waals surface area (Å²) in [5.74, 6) is 0.390. The SMILES string of the molecule is CCCCCc1ccc(OC(CC)CS(=O)(=O)O)c(CCCCC)c1. The summed E-state index contributed by atoms with van der Waals surface area (Å²) in [6.07, 6.45) is 9.07. The molecule has 0 saturated carbocycles. The van der Waals surface area contributed by atoms with Crippen molar-refractivity contribution in [3.8, 4) is 5.75 Å². The second-order valence-electron chi connectivity index (χ2n) is 6.75. The van der Waals surface area contributed by atoms with Crippen LogP contribution in [-0.2, 0) is 23.0 Å². The molecule has 5 heteroatoms. The van der Waals surface area contributed by atoms with Crippen LogP contribution < -0.4 is 4.74 Å². The normalized spacial score (nSPS) is 13.0. The zero-order chi connectivity index (χ0) is 18.7. The molecule has 0 bridgehead atoms. The zero-order valence-corrected chi connectivity index (χ0v) is 16.8. The molecular formula is C20H34O4S. The van der Waals surface area contributed by atoms with E-state index in [1.807, 2.05) is 13.0 Å². The van der Waals surface area contributed by atoms with E-state index in [0.717, 1.165) is 37.0 Å². The van der Waals surface area contributed by atoms with Crippen molar-refractivity contribution in [3.63, 3.8) is 0 Å². The number of benzene rings is 1. The van der Waals surface area contributed by atoms with Crippen LogP contribution in [0.4, 0.5) is 0 Å². The van der Waals surface area contributed by atoms with E-state index in [0.29, 0.717) is 6.42 Å². The Bertz CT molecular complexity index is 596. The molecule has 144 valence electrons. The maximum absolute atomic E-state index is 11.2. The summed E-state index contributed by atoms with van der Waals surface area (Å²) in [6.45, 7) is 6.25. The second kappa shape index (κ2) is 11.5. The van der Waals surface area contributed by atoms with Crippen molar-refractivity contribution < 1.29 is 17.7 Å². The quantitative estimate of drug-likeness (QED) is 0.383. The molecule has 1 rings (SSSR count). The van der Waals surface area contributed by atoms with Gasteiger partial charge in [-0.1, -0.05) is 58.6 Å². The van der Waals surface area contributed by atoms with Gasteiger partial charge in [-0.25, -0.2) is 0 Å². The van der Waals surface area contributed by atoms with Gasteiger partial charge in [0, 0.05) is 0 Å². The Morgan fingerprint density at radius 3 is 2.20 bits per heavy atom. The first-order valence-electron chi connectivity index (χ1n) is 9.63. The molecule has 1 aromatic rings. The summed E-state index contributed by atoms with van der Waals surface area (Å²) in [5.41, 5.74) is 2.46. The smallest absolute Gasteiger partial charge is 0.268 e. The van der Waals surface area contributed by atoms with Crippen molar-refractivity contribution in [1.29, 1.82) is 0 Å². The molecular weight excluding hydrogens is 336 g/mol. The predicted molar refractivity (Wildman–Crippen MR) is 104 cm³/mol. The van der Waals surface area contributed by atoms with Gasteiger partial charge >= 0.3 is 0 Å². The molecule has 25 heavy (non-hydrogen) atoms. The largest absolute Gasteiger partial charge is 0.489 e. The Morgan fingerprint density at radius 2 is 1.64 bits per heavy atom. The topological polar surface area (TPSA) is 63.6 Å². The van der Waals surface area contributed by atoms with Crippen LogP contribution in [0.3, 0.4) is 0 Å². The standard InChI is InChI=1S/C20H34O4S/c1-4-7-9-11-17-13-14-20(18(15-17)12-10-8-5-2)24-19(6-3)16-25(21,22)23/h13-15,19H,4-12,16H2,1-3H3,(H,21,22,23). The molecule has 0 aliphatic rings. The van der Waals surface area contributed by atoms with Gasteiger partial charge in [-0.2, -0.15) is 8.42 Å². The third-order valence-electron chi connectivity index (χ3n) is 4.39. The molecule has 1 unspecified atom stereocenters. The molecule has 0 saturated heterocycles. The Hall–Kier alpha value is -1.07. The molecule has 0 aliphatic heterocycles. The van der Waals surface area contributed by atoms with Gasteiger partial charge in [-0.3, -0.25) is 4.55 Å². The van der Waals surface area contributed by atoms with Crippen LogP contribution in [-0.4, -0.2) is 24.8 Å². The average Bonchev–Trinajstić information content (AvgIpc) is 2.55. The molecule has 4 nitrogen and oxygen atoms in total. The zero-order valence-electron chi connectivity index (χ0n) is 16.0. The Kier molecular flexibility index (Phi) is 10.1. The fourth-order valence-electron chi connectivity index (χ4n) is 2.89. The summed E-state index contributed by atoms with van der Waals surface area (Å²) in [4.78, 5) is 0. The molecule has 1 aromatic carbocycles. The molecule has 1 N–H and O–H groups in total. The summed E-state index contributed by atoms with van der Waals surface area (Å²) < 4.78 is 37.4. The van der Waals surface area contributed by atoms with Crippen molar-refractivity contribution in [2.45, 2.75) is 84.7 Å². The molecule has 0 aliphatic carbocycles. The predicted octanol–water partition coefficient (Wildman–Crippen LogP) is 5.20. The maximum Gasteiger partial charge on any atom is 0.268 e. The number of hydrogen-bond acceptors (Lipinski definition) is 3. The van der Waals surface area contributed by atoms with Crippen molar-refractivity contribution in [3.05, 3.63) is 29.3 Å². The van der Waals surface area contributed by atoms with Crippen molar-refractivity contribution in [1.82, 2.24) is 0 Å². The van der Waals surface area contributed by atoms with Gasteiger partial charge in [0.05, 0.1) is 0 Å².